The summed E-state index contributed by atoms with van der Waals surface area (Å²) in [6.07, 6.45) is 3.20. The fourth-order valence-electron chi connectivity index (χ4n) is 2.66. The van der Waals surface area contributed by atoms with Crippen molar-refractivity contribution in [2.45, 2.75) is 13.5 Å². The second-order valence-corrected chi connectivity index (χ2v) is 6.51. The second kappa shape index (κ2) is 9.05. The zero-order valence-corrected chi connectivity index (χ0v) is 16.9. The highest BCUT2D eigenvalue weighted by Crippen LogP contribution is 2.28. The number of aromatic nitrogens is 2. The van der Waals surface area contributed by atoms with E-state index in [2.05, 4.69) is 10.2 Å². The maximum atomic E-state index is 12.4. The number of likely N-dealkylation sites (N-methyl/N-ethyl adjacent to an activating group) is 1. The summed E-state index contributed by atoms with van der Waals surface area (Å²) in [6.45, 7) is 2.23. The highest BCUT2D eigenvalue weighted by Gasteiger charge is 2.13. The Labute approximate surface area is 169 Å². The normalized spacial score (nSPS) is 10.9. The summed E-state index contributed by atoms with van der Waals surface area (Å²) < 4.78 is 16.2. The van der Waals surface area contributed by atoms with E-state index in [1.165, 1.54) is 11.0 Å². The predicted octanol–water partition coefficient (Wildman–Crippen LogP) is 3.73. The Hall–Kier alpha value is -3.61. The van der Waals surface area contributed by atoms with E-state index in [4.69, 9.17) is 13.9 Å². The number of carbonyl (C=O) groups is 1. The third kappa shape index (κ3) is 5.01. The van der Waals surface area contributed by atoms with Gasteiger partial charge in [-0.15, -0.1) is 10.2 Å². The first kappa shape index (κ1) is 20.1. The largest absolute Gasteiger partial charge is 0.493 e. The van der Waals surface area contributed by atoms with E-state index in [0.29, 0.717) is 23.3 Å². The molecule has 0 unspecified atom stereocenters. The molecular formula is C22H23N3O4. The summed E-state index contributed by atoms with van der Waals surface area (Å²) in [6, 6.07) is 13.2. The summed E-state index contributed by atoms with van der Waals surface area (Å²) >= 11 is 0. The molecule has 0 atom stereocenters. The molecule has 29 heavy (non-hydrogen) atoms. The molecule has 0 aliphatic rings. The fourth-order valence-corrected chi connectivity index (χ4v) is 2.66. The molecule has 0 bridgehead atoms. The highest BCUT2D eigenvalue weighted by molar-refractivity contribution is 5.91. The molecule has 0 saturated heterocycles. The van der Waals surface area contributed by atoms with Crippen LogP contribution in [0.5, 0.6) is 11.5 Å². The van der Waals surface area contributed by atoms with Gasteiger partial charge in [0.15, 0.2) is 11.5 Å². The van der Waals surface area contributed by atoms with E-state index < -0.39 is 0 Å². The SMILES string of the molecule is COc1ccc(/C=C/C(=O)N(C)Cc2nnc(-c3ccc(C)cc3)o2)cc1OC. The van der Waals surface area contributed by atoms with Crippen molar-refractivity contribution in [3.05, 3.63) is 65.6 Å². The van der Waals surface area contributed by atoms with Gasteiger partial charge in [0.1, 0.15) is 0 Å². The van der Waals surface area contributed by atoms with E-state index in [1.807, 2.05) is 37.3 Å². The molecule has 2 aromatic carbocycles. The molecule has 1 heterocycles. The lowest BCUT2D eigenvalue weighted by molar-refractivity contribution is -0.125. The van der Waals surface area contributed by atoms with Crippen LogP contribution in [-0.2, 0) is 11.3 Å². The second-order valence-electron chi connectivity index (χ2n) is 6.51. The van der Waals surface area contributed by atoms with Crippen molar-refractivity contribution in [1.29, 1.82) is 0 Å². The van der Waals surface area contributed by atoms with Crippen LogP contribution in [0.2, 0.25) is 0 Å². The summed E-state index contributed by atoms with van der Waals surface area (Å²) in [5.41, 5.74) is 2.82. The summed E-state index contributed by atoms with van der Waals surface area (Å²) in [5, 5.41) is 8.09. The lowest BCUT2D eigenvalue weighted by atomic mass is 10.1. The molecule has 1 amide bonds. The van der Waals surface area contributed by atoms with Crippen LogP contribution in [0.1, 0.15) is 17.0 Å². The van der Waals surface area contributed by atoms with E-state index >= 15 is 0 Å². The van der Waals surface area contributed by atoms with Crippen LogP contribution in [0.25, 0.3) is 17.5 Å². The van der Waals surface area contributed by atoms with E-state index in [1.54, 1.807) is 39.5 Å². The first-order chi connectivity index (χ1) is 14.0. The molecule has 1 aromatic heterocycles. The number of nitrogens with zero attached hydrogens (tertiary/aromatic N) is 3. The number of aryl methyl sites for hydroxylation is 1. The third-order valence-corrected chi connectivity index (χ3v) is 4.34. The van der Waals surface area contributed by atoms with Crippen LogP contribution < -0.4 is 9.47 Å². The molecule has 0 saturated carbocycles. The average Bonchev–Trinajstić information content (AvgIpc) is 3.20. The van der Waals surface area contributed by atoms with Crippen LogP contribution in [0.15, 0.2) is 53.0 Å². The van der Waals surface area contributed by atoms with E-state index in [9.17, 15) is 4.79 Å². The van der Waals surface area contributed by atoms with Gasteiger partial charge in [-0.1, -0.05) is 23.8 Å². The van der Waals surface area contributed by atoms with Crippen molar-refractivity contribution < 1.29 is 18.7 Å². The maximum absolute atomic E-state index is 12.4. The quantitative estimate of drug-likeness (QED) is 0.569. The Kier molecular flexibility index (Phi) is 6.29. The van der Waals surface area contributed by atoms with Gasteiger partial charge in [-0.3, -0.25) is 4.79 Å². The van der Waals surface area contributed by atoms with E-state index in [-0.39, 0.29) is 12.5 Å². The van der Waals surface area contributed by atoms with Gasteiger partial charge >= 0.3 is 0 Å². The summed E-state index contributed by atoms with van der Waals surface area (Å²) in [7, 11) is 4.82. The van der Waals surface area contributed by atoms with Crippen LogP contribution in [-0.4, -0.2) is 42.3 Å². The van der Waals surface area contributed by atoms with Gasteiger partial charge in [0.2, 0.25) is 17.7 Å². The number of carbonyl (C=O) groups excluding carboxylic acids is 1. The molecule has 3 aromatic rings. The number of ether oxygens (including phenoxy) is 2. The predicted molar refractivity (Wildman–Crippen MR) is 110 cm³/mol. The number of methoxy groups -OCH3 is 2. The third-order valence-electron chi connectivity index (χ3n) is 4.34. The molecule has 0 spiro atoms. The lowest BCUT2D eigenvalue weighted by Gasteiger charge is -2.12. The van der Waals surface area contributed by atoms with Crippen molar-refractivity contribution in [3.63, 3.8) is 0 Å². The Morgan fingerprint density at radius 3 is 2.48 bits per heavy atom. The number of hydrogen-bond donors (Lipinski definition) is 0. The van der Waals surface area contributed by atoms with Gasteiger partial charge in [0, 0.05) is 18.7 Å². The van der Waals surface area contributed by atoms with Gasteiger partial charge in [-0.2, -0.15) is 0 Å². The lowest BCUT2D eigenvalue weighted by Crippen LogP contribution is -2.24. The smallest absolute Gasteiger partial charge is 0.247 e. The molecule has 150 valence electrons. The molecule has 3 rings (SSSR count). The van der Waals surface area contributed by atoms with Gasteiger partial charge < -0.3 is 18.8 Å². The van der Waals surface area contributed by atoms with Crippen molar-refractivity contribution in [1.82, 2.24) is 15.1 Å². The first-order valence-electron chi connectivity index (χ1n) is 9.05. The molecule has 7 heteroatoms. The number of hydrogen-bond acceptors (Lipinski definition) is 6. The van der Waals surface area contributed by atoms with Gasteiger partial charge in [0.05, 0.1) is 20.8 Å². The highest BCUT2D eigenvalue weighted by atomic mass is 16.5. The number of benzene rings is 2. The van der Waals surface area contributed by atoms with Crippen LogP contribution >= 0.6 is 0 Å². The van der Waals surface area contributed by atoms with Crippen molar-refractivity contribution in [2.75, 3.05) is 21.3 Å². The minimum Gasteiger partial charge on any atom is -0.493 e. The molecule has 0 fully saturated rings. The Bertz CT molecular complexity index is 1010. The Morgan fingerprint density at radius 1 is 1.07 bits per heavy atom. The maximum Gasteiger partial charge on any atom is 0.247 e. The topological polar surface area (TPSA) is 77.7 Å². The van der Waals surface area contributed by atoms with Gasteiger partial charge in [-0.25, -0.2) is 0 Å². The Morgan fingerprint density at radius 2 is 1.79 bits per heavy atom. The average molecular weight is 393 g/mol. The molecule has 7 nitrogen and oxygen atoms in total. The molecule has 0 aliphatic carbocycles. The van der Waals surface area contributed by atoms with E-state index in [0.717, 1.165) is 16.7 Å². The van der Waals surface area contributed by atoms with Crippen molar-refractivity contribution >= 4 is 12.0 Å². The Balaban J connectivity index is 1.63. The van der Waals surface area contributed by atoms with Crippen LogP contribution in [0.3, 0.4) is 0 Å². The first-order valence-corrected chi connectivity index (χ1v) is 9.05. The zero-order chi connectivity index (χ0) is 20.8. The standard InChI is InChI=1S/C22H23N3O4/c1-15-5-9-17(10-6-15)22-24-23-20(29-22)14-25(2)21(26)12-8-16-7-11-18(27-3)19(13-16)28-4/h5-13H,14H2,1-4H3/b12-8+. The van der Waals surface area contributed by atoms with Crippen molar-refractivity contribution in [3.8, 4) is 23.0 Å². The number of amides is 1. The minimum atomic E-state index is -0.185. The molecule has 0 N–H and O–H groups in total. The van der Waals surface area contributed by atoms with Crippen LogP contribution in [0.4, 0.5) is 0 Å². The molecular weight excluding hydrogens is 370 g/mol. The zero-order valence-electron chi connectivity index (χ0n) is 16.9. The van der Waals surface area contributed by atoms with Crippen LogP contribution in [0, 0.1) is 6.92 Å². The fraction of sp³-hybridized carbons (Fsp3) is 0.227. The molecule has 0 aliphatic heterocycles. The summed E-state index contributed by atoms with van der Waals surface area (Å²) in [5.74, 6) is 1.85. The van der Waals surface area contributed by atoms with Gasteiger partial charge in [-0.05, 0) is 42.8 Å². The minimum absolute atomic E-state index is 0.185. The number of rotatable bonds is 7. The summed E-state index contributed by atoms with van der Waals surface area (Å²) in [4.78, 5) is 13.9. The van der Waals surface area contributed by atoms with Crippen molar-refractivity contribution in [2.24, 2.45) is 0 Å². The monoisotopic (exact) mass is 393 g/mol. The van der Waals surface area contributed by atoms with Gasteiger partial charge in [0.25, 0.3) is 0 Å². The molecule has 0 radical (unpaired) electrons.